The van der Waals surface area contributed by atoms with Crippen molar-refractivity contribution < 1.29 is 18.4 Å². The van der Waals surface area contributed by atoms with Crippen LogP contribution in [0.5, 0.6) is 0 Å². The van der Waals surface area contributed by atoms with Crippen LogP contribution in [0, 0.1) is 0 Å². The molecule has 136 valence electrons. The topological polar surface area (TPSA) is 98.7 Å². The molecule has 0 atom stereocenters. The highest BCUT2D eigenvalue weighted by Gasteiger charge is 2.37. The fourth-order valence-corrected chi connectivity index (χ4v) is 4.71. The Balaban J connectivity index is 1.63. The molecule has 1 aliphatic carbocycles. The average molecular weight is 365 g/mol. The number of para-hydroxylation sites is 1. The number of carbonyl (C=O) groups is 1. The zero-order valence-electron chi connectivity index (χ0n) is 13.9. The van der Waals surface area contributed by atoms with E-state index in [2.05, 4.69) is 9.62 Å². The lowest BCUT2D eigenvalue weighted by atomic mass is 10.0. The molecule has 0 radical (unpaired) electrons. The fourth-order valence-electron chi connectivity index (χ4n) is 3.06. The molecule has 7 nitrogen and oxygen atoms in total. The molecular formula is C17H23N3O4S. The second-order valence-corrected chi connectivity index (χ2v) is 8.48. The Labute approximate surface area is 147 Å². The van der Waals surface area contributed by atoms with Gasteiger partial charge in [0.05, 0.1) is 5.25 Å². The zero-order chi connectivity index (χ0) is 17.9. The largest absolute Gasteiger partial charge is 0.371 e. The third kappa shape index (κ3) is 4.59. The summed E-state index contributed by atoms with van der Waals surface area (Å²) >= 11 is 0. The van der Waals surface area contributed by atoms with Gasteiger partial charge in [0.1, 0.15) is 0 Å². The Bertz CT molecular complexity index is 751. The number of nitrogens with zero attached hydrogens (tertiary/aromatic N) is 1. The van der Waals surface area contributed by atoms with E-state index < -0.39 is 15.9 Å². The van der Waals surface area contributed by atoms with E-state index in [1.807, 2.05) is 24.3 Å². The van der Waals surface area contributed by atoms with Gasteiger partial charge in [-0.3, -0.25) is 10.0 Å². The Morgan fingerprint density at radius 3 is 2.48 bits per heavy atom. The minimum absolute atomic E-state index is 0.00952. The quantitative estimate of drug-likeness (QED) is 0.400. The average Bonchev–Trinajstić information content (AvgIpc) is 3.46. The van der Waals surface area contributed by atoms with Crippen LogP contribution >= 0.6 is 0 Å². The lowest BCUT2D eigenvalue weighted by Crippen LogP contribution is -2.45. The number of rotatable bonds is 6. The van der Waals surface area contributed by atoms with Crippen LogP contribution in [0.4, 0.5) is 5.69 Å². The molecule has 2 aliphatic rings. The maximum atomic E-state index is 12.1. The number of hydrogen-bond acceptors (Lipinski definition) is 5. The molecule has 0 unspecified atom stereocenters. The molecule has 25 heavy (non-hydrogen) atoms. The third-order valence-corrected chi connectivity index (χ3v) is 6.60. The van der Waals surface area contributed by atoms with E-state index in [0.29, 0.717) is 0 Å². The summed E-state index contributed by atoms with van der Waals surface area (Å²) in [5, 5.41) is 8.39. The summed E-state index contributed by atoms with van der Waals surface area (Å²) in [4.78, 5) is 13.4. The molecule has 3 N–H and O–H groups in total. The van der Waals surface area contributed by atoms with Crippen molar-refractivity contribution in [3.8, 4) is 0 Å². The van der Waals surface area contributed by atoms with Gasteiger partial charge in [0, 0.05) is 30.9 Å². The second kappa shape index (κ2) is 7.55. The van der Waals surface area contributed by atoms with Gasteiger partial charge in [-0.05, 0) is 43.4 Å². The van der Waals surface area contributed by atoms with Crippen molar-refractivity contribution in [3.05, 3.63) is 35.9 Å². The van der Waals surface area contributed by atoms with Gasteiger partial charge in [0.2, 0.25) is 10.0 Å². The lowest BCUT2D eigenvalue weighted by Gasteiger charge is -2.34. The smallest absolute Gasteiger partial charge is 0.267 e. The predicted octanol–water partition coefficient (Wildman–Crippen LogP) is 1.26. The molecule has 0 aromatic heterocycles. The molecule has 3 rings (SSSR count). The number of nitrogens with one attached hydrogen (secondary N) is 2. The molecule has 0 bridgehead atoms. The highest BCUT2D eigenvalue weighted by molar-refractivity contribution is 7.90. The van der Waals surface area contributed by atoms with Gasteiger partial charge in [-0.1, -0.05) is 18.2 Å². The van der Waals surface area contributed by atoms with Crippen molar-refractivity contribution in [2.45, 2.75) is 37.0 Å². The number of sulfonamides is 1. The monoisotopic (exact) mass is 365 g/mol. The van der Waals surface area contributed by atoms with Crippen molar-refractivity contribution in [2.75, 3.05) is 18.0 Å². The number of benzene rings is 1. The van der Waals surface area contributed by atoms with E-state index in [0.717, 1.165) is 50.0 Å². The molecular weight excluding hydrogens is 342 g/mol. The van der Waals surface area contributed by atoms with Gasteiger partial charge < -0.3 is 4.90 Å². The van der Waals surface area contributed by atoms with E-state index in [-0.39, 0.29) is 11.3 Å². The number of carbonyl (C=O) groups excluding carboxylic acids is 1. The maximum Gasteiger partial charge on any atom is 0.267 e. The number of anilines is 1. The van der Waals surface area contributed by atoms with Crippen molar-refractivity contribution >= 4 is 27.7 Å². The summed E-state index contributed by atoms with van der Waals surface area (Å²) in [6.07, 6.45) is 5.98. The maximum absolute atomic E-state index is 12.1. The van der Waals surface area contributed by atoms with Gasteiger partial charge >= 0.3 is 0 Å². The summed E-state index contributed by atoms with van der Waals surface area (Å²) in [6, 6.07) is 7.69. The van der Waals surface area contributed by atoms with Gasteiger partial charge in [-0.2, -0.15) is 0 Å². The van der Waals surface area contributed by atoms with Crippen LogP contribution in [-0.4, -0.2) is 43.9 Å². The second-order valence-electron chi connectivity index (χ2n) is 6.49. The van der Waals surface area contributed by atoms with Crippen LogP contribution in [-0.2, 0) is 14.8 Å². The first-order valence-electron chi connectivity index (χ1n) is 8.47. The van der Waals surface area contributed by atoms with E-state index in [4.69, 9.17) is 5.21 Å². The number of hydrogen-bond donors (Lipinski definition) is 3. The molecule has 1 saturated carbocycles. The molecule has 8 heteroatoms. The Kier molecular flexibility index (Phi) is 5.41. The van der Waals surface area contributed by atoms with Crippen molar-refractivity contribution in [1.29, 1.82) is 0 Å². The third-order valence-electron chi connectivity index (χ3n) is 4.59. The summed E-state index contributed by atoms with van der Waals surface area (Å²) in [6.45, 7) is 1.49. The van der Waals surface area contributed by atoms with Gasteiger partial charge in [-0.25, -0.2) is 18.6 Å². The summed E-state index contributed by atoms with van der Waals surface area (Å²) in [7, 11) is -3.15. The molecule has 1 aromatic carbocycles. The van der Waals surface area contributed by atoms with Crippen molar-refractivity contribution in [1.82, 2.24) is 10.2 Å². The minimum atomic E-state index is -3.15. The minimum Gasteiger partial charge on any atom is -0.371 e. The summed E-state index contributed by atoms with van der Waals surface area (Å²) in [5.74, 6) is -0.581. The van der Waals surface area contributed by atoms with Crippen LogP contribution in [0.25, 0.3) is 6.08 Å². The van der Waals surface area contributed by atoms with Gasteiger partial charge in [-0.15, -0.1) is 0 Å². The lowest BCUT2D eigenvalue weighted by molar-refractivity contribution is -0.124. The number of piperidine rings is 1. The SMILES string of the molecule is O=C(C=Cc1ccccc1N1CCC(NS(=O)(=O)C2CC2)CC1)NO. The molecule has 1 aromatic rings. The Morgan fingerprint density at radius 1 is 1.16 bits per heavy atom. The molecule has 1 saturated heterocycles. The van der Waals surface area contributed by atoms with Crippen molar-refractivity contribution in [2.24, 2.45) is 0 Å². The van der Waals surface area contributed by atoms with Crippen LogP contribution in [0.3, 0.4) is 0 Å². The van der Waals surface area contributed by atoms with Gasteiger partial charge in [0.15, 0.2) is 0 Å². The van der Waals surface area contributed by atoms with Crippen LogP contribution in [0.1, 0.15) is 31.2 Å². The van der Waals surface area contributed by atoms with E-state index >= 15 is 0 Å². The first-order chi connectivity index (χ1) is 12.0. The van der Waals surface area contributed by atoms with Crippen molar-refractivity contribution in [3.63, 3.8) is 0 Å². The van der Waals surface area contributed by atoms with E-state index in [1.165, 1.54) is 6.08 Å². The fraction of sp³-hybridized carbons (Fsp3) is 0.471. The first kappa shape index (κ1) is 17.9. The van der Waals surface area contributed by atoms with E-state index in [9.17, 15) is 13.2 Å². The Hall–Kier alpha value is -1.90. The van der Waals surface area contributed by atoms with Gasteiger partial charge in [0.25, 0.3) is 5.91 Å². The van der Waals surface area contributed by atoms with Crippen LogP contribution in [0.2, 0.25) is 0 Å². The molecule has 0 spiro atoms. The van der Waals surface area contributed by atoms with Crippen LogP contribution < -0.4 is 15.1 Å². The highest BCUT2D eigenvalue weighted by Crippen LogP contribution is 2.29. The zero-order valence-corrected chi connectivity index (χ0v) is 14.7. The normalized spacial score (nSPS) is 19.3. The molecule has 1 heterocycles. The highest BCUT2D eigenvalue weighted by atomic mass is 32.2. The summed E-state index contributed by atoms with van der Waals surface area (Å²) < 4.78 is 26.9. The van der Waals surface area contributed by atoms with Crippen LogP contribution in [0.15, 0.2) is 30.3 Å². The molecule has 2 fully saturated rings. The van der Waals surface area contributed by atoms with E-state index in [1.54, 1.807) is 11.6 Å². The summed E-state index contributed by atoms with van der Waals surface area (Å²) in [5.41, 5.74) is 3.44. The molecule has 1 aliphatic heterocycles. The number of amides is 1. The molecule has 1 amide bonds. The predicted molar refractivity (Wildman–Crippen MR) is 95.7 cm³/mol. The number of hydroxylamine groups is 1. The first-order valence-corrected chi connectivity index (χ1v) is 10.0. The standard InChI is InChI=1S/C17H23N3O4S/c21-17(18-22)8-5-13-3-1-2-4-16(13)20-11-9-14(10-12-20)19-25(23,24)15-6-7-15/h1-5,8,14-15,19,22H,6-7,9-12H2,(H,18,21). The Morgan fingerprint density at radius 2 is 1.84 bits per heavy atom.